The van der Waals surface area contributed by atoms with Gasteiger partial charge in [-0.05, 0) is 36.5 Å². The lowest BCUT2D eigenvalue weighted by Gasteiger charge is -2.23. The standard InChI is InChI=1S/C16H22BrNO2/c1-11-5-3-2-4-6-14(11)18-9-12-7-15-16(8-13(12)17)20-10-19-15/h7-8,11,14,18H,2-6,9-10H2,1H3. The number of rotatable bonds is 3. The number of hydrogen-bond acceptors (Lipinski definition) is 3. The van der Waals surface area contributed by atoms with Crippen molar-refractivity contribution >= 4 is 15.9 Å². The molecule has 0 spiro atoms. The minimum absolute atomic E-state index is 0.332. The van der Waals surface area contributed by atoms with Gasteiger partial charge in [-0.3, -0.25) is 0 Å². The van der Waals surface area contributed by atoms with Gasteiger partial charge < -0.3 is 14.8 Å². The summed E-state index contributed by atoms with van der Waals surface area (Å²) in [4.78, 5) is 0. The van der Waals surface area contributed by atoms with E-state index in [1.165, 1.54) is 37.7 Å². The van der Waals surface area contributed by atoms with E-state index in [-0.39, 0.29) is 0 Å². The Balaban J connectivity index is 1.65. The van der Waals surface area contributed by atoms with Gasteiger partial charge in [0.25, 0.3) is 0 Å². The van der Waals surface area contributed by atoms with Crippen molar-refractivity contribution in [2.24, 2.45) is 5.92 Å². The molecule has 1 fully saturated rings. The van der Waals surface area contributed by atoms with Crippen molar-refractivity contribution in [1.29, 1.82) is 0 Å². The molecule has 3 nitrogen and oxygen atoms in total. The summed E-state index contributed by atoms with van der Waals surface area (Å²) in [5.41, 5.74) is 1.24. The molecule has 0 bridgehead atoms. The van der Waals surface area contributed by atoms with Crippen molar-refractivity contribution in [2.45, 2.75) is 51.6 Å². The molecule has 0 aromatic heterocycles. The molecular formula is C16H22BrNO2. The molecule has 3 rings (SSSR count). The van der Waals surface area contributed by atoms with Crippen LogP contribution >= 0.6 is 15.9 Å². The third kappa shape index (κ3) is 3.12. The average Bonchev–Trinajstić information content (AvgIpc) is 2.78. The smallest absolute Gasteiger partial charge is 0.231 e. The first-order chi connectivity index (χ1) is 9.74. The zero-order chi connectivity index (χ0) is 13.9. The van der Waals surface area contributed by atoms with E-state index in [0.717, 1.165) is 28.4 Å². The molecule has 1 aliphatic heterocycles. The second-order valence-electron chi connectivity index (χ2n) is 5.90. The molecule has 1 aromatic rings. The molecule has 110 valence electrons. The Morgan fingerprint density at radius 3 is 2.75 bits per heavy atom. The maximum atomic E-state index is 5.46. The van der Waals surface area contributed by atoms with Gasteiger partial charge in [0.1, 0.15) is 0 Å². The van der Waals surface area contributed by atoms with Crippen molar-refractivity contribution in [3.8, 4) is 11.5 Å². The number of fused-ring (bicyclic) bond motifs is 1. The summed E-state index contributed by atoms with van der Waals surface area (Å²) in [6, 6.07) is 4.73. The summed E-state index contributed by atoms with van der Waals surface area (Å²) in [6.45, 7) is 3.59. The minimum Gasteiger partial charge on any atom is -0.454 e. The fourth-order valence-electron chi connectivity index (χ4n) is 3.13. The van der Waals surface area contributed by atoms with Crippen LogP contribution in [-0.2, 0) is 6.54 Å². The van der Waals surface area contributed by atoms with Gasteiger partial charge in [-0.1, -0.05) is 42.1 Å². The number of ether oxygens (including phenoxy) is 2. The van der Waals surface area contributed by atoms with Crippen LogP contribution in [0.2, 0.25) is 0 Å². The Labute approximate surface area is 129 Å². The first-order valence-corrected chi connectivity index (χ1v) is 8.35. The zero-order valence-corrected chi connectivity index (χ0v) is 13.5. The molecule has 2 aliphatic rings. The van der Waals surface area contributed by atoms with Crippen LogP contribution < -0.4 is 14.8 Å². The predicted octanol–water partition coefficient (Wildman–Crippen LogP) is 4.24. The van der Waals surface area contributed by atoms with E-state index in [9.17, 15) is 0 Å². The predicted molar refractivity (Wildman–Crippen MR) is 83.1 cm³/mol. The van der Waals surface area contributed by atoms with Crippen molar-refractivity contribution in [1.82, 2.24) is 5.32 Å². The van der Waals surface area contributed by atoms with Crippen LogP contribution in [0.4, 0.5) is 0 Å². The van der Waals surface area contributed by atoms with Crippen molar-refractivity contribution in [3.63, 3.8) is 0 Å². The van der Waals surface area contributed by atoms with E-state index in [0.29, 0.717) is 12.8 Å². The molecule has 0 amide bonds. The summed E-state index contributed by atoms with van der Waals surface area (Å²) in [6.07, 6.45) is 6.76. The summed E-state index contributed by atoms with van der Waals surface area (Å²) in [5.74, 6) is 2.47. The highest BCUT2D eigenvalue weighted by Crippen LogP contribution is 2.37. The topological polar surface area (TPSA) is 30.5 Å². The number of nitrogens with one attached hydrogen (secondary N) is 1. The fourth-order valence-corrected chi connectivity index (χ4v) is 3.59. The summed E-state index contributed by atoms with van der Waals surface area (Å²) >= 11 is 3.63. The van der Waals surface area contributed by atoms with Crippen molar-refractivity contribution < 1.29 is 9.47 Å². The monoisotopic (exact) mass is 339 g/mol. The first kappa shape index (κ1) is 14.2. The van der Waals surface area contributed by atoms with Crippen LogP contribution in [0, 0.1) is 5.92 Å². The van der Waals surface area contributed by atoms with Gasteiger partial charge in [0.2, 0.25) is 6.79 Å². The van der Waals surface area contributed by atoms with E-state index in [1.54, 1.807) is 0 Å². The van der Waals surface area contributed by atoms with Gasteiger partial charge in [0, 0.05) is 17.1 Å². The molecule has 1 heterocycles. The van der Waals surface area contributed by atoms with E-state index < -0.39 is 0 Å². The Hall–Kier alpha value is -0.740. The molecule has 1 N–H and O–H groups in total. The Bertz CT molecular complexity index is 478. The first-order valence-electron chi connectivity index (χ1n) is 7.55. The van der Waals surface area contributed by atoms with Crippen LogP contribution in [0.1, 0.15) is 44.6 Å². The van der Waals surface area contributed by atoms with Crippen molar-refractivity contribution in [3.05, 3.63) is 22.2 Å². The van der Waals surface area contributed by atoms with E-state index >= 15 is 0 Å². The van der Waals surface area contributed by atoms with Crippen molar-refractivity contribution in [2.75, 3.05) is 6.79 Å². The second-order valence-corrected chi connectivity index (χ2v) is 6.75. The normalized spacial score (nSPS) is 25.5. The lowest BCUT2D eigenvalue weighted by molar-refractivity contribution is 0.174. The highest BCUT2D eigenvalue weighted by Gasteiger charge is 2.21. The Morgan fingerprint density at radius 2 is 1.90 bits per heavy atom. The molecule has 1 aromatic carbocycles. The maximum Gasteiger partial charge on any atom is 0.231 e. The number of benzene rings is 1. The van der Waals surface area contributed by atoms with Gasteiger partial charge in [-0.15, -0.1) is 0 Å². The lowest BCUT2D eigenvalue weighted by atomic mass is 9.97. The van der Waals surface area contributed by atoms with Gasteiger partial charge >= 0.3 is 0 Å². The third-order valence-corrected chi connectivity index (χ3v) is 5.20. The largest absolute Gasteiger partial charge is 0.454 e. The van der Waals surface area contributed by atoms with Crippen LogP contribution in [0.5, 0.6) is 11.5 Å². The molecule has 20 heavy (non-hydrogen) atoms. The quantitative estimate of drug-likeness (QED) is 0.835. The van der Waals surface area contributed by atoms with E-state index in [2.05, 4.69) is 34.2 Å². The molecule has 2 atom stereocenters. The summed E-state index contributed by atoms with van der Waals surface area (Å²) < 4.78 is 11.9. The van der Waals surface area contributed by atoms with Gasteiger partial charge in [-0.25, -0.2) is 0 Å². The Morgan fingerprint density at radius 1 is 1.15 bits per heavy atom. The SMILES string of the molecule is CC1CCCCCC1NCc1cc2c(cc1Br)OCO2. The third-order valence-electron chi connectivity index (χ3n) is 4.46. The molecular weight excluding hydrogens is 318 g/mol. The number of hydrogen-bond donors (Lipinski definition) is 1. The second kappa shape index (κ2) is 6.35. The van der Waals surface area contributed by atoms with Crippen LogP contribution in [0.15, 0.2) is 16.6 Å². The molecule has 0 radical (unpaired) electrons. The lowest BCUT2D eigenvalue weighted by Crippen LogP contribution is -2.33. The molecule has 1 saturated carbocycles. The van der Waals surface area contributed by atoms with Gasteiger partial charge in [0.15, 0.2) is 11.5 Å². The molecule has 1 aliphatic carbocycles. The fraction of sp³-hybridized carbons (Fsp3) is 0.625. The highest BCUT2D eigenvalue weighted by molar-refractivity contribution is 9.10. The highest BCUT2D eigenvalue weighted by atomic mass is 79.9. The molecule has 4 heteroatoms. The maximum absolute atomic E-state index is 5.46. The van der Waals surface area contributed by atoms with Crippen LogP contribution in [0.25, 0.3) is 0 Å². The van der Waals surface area contributed by atoms with Crippen LogP contribution in [0.3, 0.4) is 0 Å². The average molecular weight is 340 g/mol. The summed E-state index contributed by atoms with van der Waals surface area (Å²) in [7, 11) is 0. The van der Waals surface area contributed by atoms with E-state index in [1.807, 2.05) is 6.07 Å². The zero-order valence-electron chi connectivity index (χ0n) is 12.0. The number of halogens is 1. The minimum atomic E-state index is 0.332. The van der Waals surface area contributed by atoms with Gasteiger partial charge in [0.05, 0.1) is 0 Å². The molecule has 2 unspecified atom stereocenters. The van der Waals surface area contributed by atoms with Crippen LogP contribution in [-0.4, -0.2) is 12.8 Å². The summed E-state index contributed by atoms with van der Waals surface area (Å²) in [5, 5.41) is 3.73. The van der Waals surface area contributed by atoms with E-state index in [4.69, 9.17) is 9.47 Å². The molecule has 0 saturated heterocycles. The van der Waals surface area contributed by atoms with Gasteiger partial charge in [-0.2, -0.15) is 0 Å². The Kier molecular flexibility index (Phi) is 4.51.